The molecule has 42 heavy (non-hydrogen) atoms. The van der Waals surface area contributed by atoms with Gasteiger partial charge in [0.1, 0.15) is 18.0 Å². The van der Waals surface area contributed by atoms with Crippen LogP contribution in [0.25, 0.3) is 27.9 Å². The molecule has 0 unspecified atom stereocenters. The number of fused-ring (bicyclic) bond motifs is 2. The lowest BCUT2D eigenvalue weighted by atomic mass is 10.3. The van der Waals surface area contributed by atoms with Crippen molar-refractivity contribution in [2.75, 3.05) is 43.4 Å². The number of aromatic amines is 1. The molecule has 2 aromatic carbocycles. The van der Waals surface area contributed by atoms with Crippen LogP contribution in [0, 0.1) is 5.82 Å². The van der Waals surface area contributed by atoms with Gasteiger partial charge in [0, 0.05) is 31.2 Å². The largest absolute Gasteiger partial charge is 0.490 e. The first-order chi connectivity index (χ1) is 20.0. The standard InChI is InChI=1S/C24H23ClFN9.C2HF3O2/c1-33-7-9-34(10-8-33)24-31-22(27-13-20-29-18-6-5-15(25)11-19(18)30-20)21-23(32-24)35(14-28-21)17-4-2-3-16(26)12-17;3-2(4,5)1(6)7/h2-6,11-12,14H,7-10,13H2,1H3,(H,29,30)(H,27,31,32);(H,6,7). The summed E-state index contributed by atoms with van der Waals surface area (Å²) in [6, 6.07) is 11.9. The minimum Gasteiger partial charge on any atom is -0.475 e. The molecule has 11 nitrogen and oxygen atoms in total. The average Bonchev–Trinajstić information content (AvgIpc) is 3.55. The van der Waals surface area contributed by atoms with E-state index in [0.717, 1.165) is 43.0 Å². The summed E-state index contributed by atoms with van der Waals surface area (Å²) in [7, 11) is 2.11. The molecular formula is C26H24ClF4N9O2. The number of likely N-dealkylation sites (N-methyl/N-ethyl adjacent to an activating group) is 1. The van der Waals surface area contributed by atoms with Gasteiger partial charge >= 0.3 is 12.1 Å². The number of nitrogens with one attached hydrogen (secondary N) is 2. The maximum atomic E-state index is 14.0. The summed E-state index contributed by atoms with van der Waals surface area (Å²) in [5.41, 5.74) is 3.57. The lowest BCUT2D eigenvalue weighted by Gasteiger charge is -2.32. The topological polar surface area (TPSA) is 128 Å². The van der Waals surface area contributed by atoms with Gasteiger partial charge in [-0.15, -0.1) is 0 Å². The number of H-pyrrole nitrogens is 1. The van der Waals surface area contributed by atoms with Gasteiger partial charge in [-0.05, 0) is 43.4 Å². The fourth-order valence-corrected chi connectivity index (χ4v) is 4.43. The van der Waals surface area contributed by atoms with Gasteiger partial charge in [0.05, 0.1) is 23.3 Å². The number of piperazine rings is 1. The molecule has 6 rings (SSSR count). The van der Waals surface area contributed by atoms with Gasteiger partial charge < -0.3 is 25.2 Å². The molecule has 1 fully saturated rings. The number of carboxylic acid groups (broad SMARTS) is 1. The van der Waals surface area contributed by atoms with Crippen LogP contribution in [-0.4, -0.2) is 84.9 Å². The molecule has 3 aromatic heterocycles. The number of aromatic nitrogens is 6. The number of alkyl halides is 3. The first-order valence-electron chi connectivity index (χ1n) is 12.6. The second-order valence-corrected chi connectivity index (χ2v) is 9.87. The predicted octanol–water partition coefficient (Wildman–Crippen LogP) is 4.48. The quantitative estimate of drug-likeness (QED) is 0.248. The summed E-state index contributed by atoms with van der Waals surface area (Å²) in [6.07, 6.45) is -3.43. The fraction of sp³-hybridized carbons (Fsp3) is 0.269. The number of benzene rings is 2. The number of halogens is 5. The van der Waals surface area contributed by atoms with Crippen LogP contribution in [0.15, 0.2) is 48.8 Å². The highest BCUT2D eigenvalue weighted by Crippen LogP contribution is 2.26. The Bertz CT molecular complexity index is 1730. The molecule has 5 aromatic rings. The van der Waals surface area contributed by atoms with E-state index >= 15 is 0 Å². The van der Waals surface area contributed by atoms with Crippen LogP contribution in [-0.2, 0) is 11.3 Å². The maximum Gasteiger partial charge on any atom is 0.490 e. The molecule has 0 atom stereocenters. The van der Waals surface area contributed by atoms with E-state index in [-0.39, 0.29) is 5.82 Å². The van der Waals surface area contributed by atoms with E-state index in [0.29, 0.717) is 40.2 Å². The van der Waals surface area contributed by atoms with Crippen LogP contribution in [0.2, 0.25) is 5.02 Å². The number of nitrogens with zero attached hydrogens (tertiary/aromatic N) is 7. The zero-order chi connectivity index (χ0) is 30.0. The normalized spacial score (nSPS) is 14.2. The van der Waals surface area contributed by atoms with Crippen LogP contribution >= 0.6 is 11.6 Å². The molecular weight excluding hydrogens is 582 g/mol. The van der Waals surface area contributed by atoms with Crippen molar-refractivity contribution in [3.63, 3.8) is 0 Å². The molecule has 0 amide bonds. The maximum absolute atomic E-state index is 14.0. The van der Waals surface area contributed by atoms with Crippen molar-refractivity contribution in [2.24, 2.45) is 0 Å². The van der Waals surface area contributed by atoms with Gasteiger partial charge in [-0.3, -0.25) is 4.57 Å². The van der Waals surface area contributed by atoms with E-state index in [2.05, 4.69) is 37.1 Å². The Morgan fingerprint density at radius 1 is 1.10 bits per heavy atom. The zero-order valence-corrected chi connectivity index (χ0v) is 22.8. The van der Waals surface area contributed by atoms with E-state index in [4.69, 9.17) is 31.5 Å². The summed E-state index contributed by atoms with van der Waals surface area (Å²) in [5.74, 6) is -1.12. The van der Waals surface area contributed by atoms with Gasteiger partial charge in [-0.1, -0.05) is 17.7 Å². The highest BCUT2D eigenvalue weighted by atomic mass is 35.5. The Labute approximate surface area is 240 Å². The number of aliphatic carboxylic acids is 1. The highest BCUT2D eigenvalue weighted by molar-refractivity contribution is 6.31. The summed E-state index contributed by atoms with van der Waals surface area (Å²) in [4.78, 5) is 35.5. The molecule has 1 saturated heterocycles. The van der Waals surface area contributed by atoms with Crippen molar-refractivity contribution < 1.29 is 27.5 Å². The van der Waals surface area contributed by atoms with Crippen LogP contribution in [0.1, 0.15) is 5.82 Å². The van der Waals surface area contributed by atoms with Crippen molar-refractivity contribution in [1.82, 2.24) is 34.4 Å². The summed E-state index contributed by atoms with van der Waals surface area (Å²) in [5, 5.41) is 11.2. The molecule has 3 N–H and O–H groups in total. The summed E-state index contributed by atoms with van der Waals surface area (Å²) >= 11 is 6.11. The molecule has 1 aliphatic heterocycles. The Balaban J connectivity index is 0.000000451. The Morgan fingerprint density at radius 3 is 2.52 bits per heavy atom. The zero-order valence-electron chi connectivity index (χ0n) is 22.0. The Morgan fingerprint density at radius 2 is 1.83 bits per heavy atom. The van der Waals surface area contributed by atoms with E-state index in [9.17, 15) is 17.6 Å². The minimum absolute atomic E-state index is 0.318. The number of imidazole rings is 2. The Hall–Kier alpha value is -4.50. The summed E-state index contributed by atoms with van der Waals surface area (Å²) in [6.45, 7) is 3.90. The highest BCUT2D eigenvalue weighted by Gasteiger charge is 2.38. The monoisotopic (exact) mass is 605 g/mol. The van der Waals surface area contributed by atoms with Crippen molar-refractivity contribution >= 4 is 51.5 Å². The number of carboxylic acids is 1. The van der Waals surface area contributed by atoms with Crippen LogP contribution in [0.3, 0.4) is 0 Å². The predicted molar refractivity (Wildman–Crippen MR) is 148 cm³/mol. The SMILES string of the molecule is CN1CCN(c2nc(NCc3nc4ccc(Cl)cc4[nH]3)c3ncn(-c4cccc(F)c4)c3n2)CC1.O=C(O)C(F)(F)F. The van der Waals surface area contributed by atoms with E-state index in [1.165, 1.54) is 12.1 Å². The molecule has 220 valence electrons. The third kappa shape index (κ3) is 6.52. The van der Waals surface area contributed by atoms with Gasteiger partial charge in [-0.2, -0.15) is 23.1 Å². The number of anilines is 2. The Kier molecular flexibility index (Phi) is 8.13. The third-order valence-corrected chi connectivity index (χ3v) is 6.65. The molecule has 0 bridgehead atoms. The van der Waals surface area contributed by atoms with Crippen molar-refractivity contribution in [1.29, 1.82) is 0 Å². The molecule has 0 saturated carbocycles. The van der Waals surface area contributed by atoms with E-state index in [1.807, 2.05) is 24.3 Å². The lowest BCUT2D eigenvalue weighted by molar-refractivity contribution is -0.192. The molecule has 1 aliphatic rings. The molecule has 16 heteroatoms. The number of hydrogen-bond acceptors (Lipinski definition) is 8. The molecule has 4 heterocycles. The minimum atomic E-state index is -5.08. The van der Waals surface area contributed by atoms with Crippen LogP contribution in [0.5, 0.6) is 0 Å². The molecule has 0 radical (unpaired) electrons. The van der Waals surface area contributed by atoms with Gasteiger partial charge in [-0.25, -0.2) is 19.2 Å². The summed E-state index contributed by atoms with van der Waals surface area (Å²) < 4.78 is 47.5. The smallest absolute Gasteiger partial charge is 0.475 e. The van der Waals surface area contributed by atoms with Gasteiger partial charge in [0.25, 0.3) is 0 Å². The lowest BCUT2D eigenvalue weighted by Crippen LogP contribution is -2.45. The second-order valence-electron chi connectivity index (χ2n) is 9.43. The number of hydrogen-bond donors (Lipinski definition) is 3. The van der Waals surface area contributed by atoms with Crippen molar-refractivity contribution in [3.05, 3.63) is 65.5 Å². The van der Waals surface area contributed by atoms with Gasteiger partial charge in [0.15, 0.2) is 17.0 Å². The van der Waals surface area contributed by atoms with Crippen LogP contribution < -0.4 is 10.2 Å². The first-order valence-corrected chi connectivity index (χ1v) is 13.0. The third-order valence-electron chi connectivity index (χ3n) is 6.42. The fourth-order valence-electron chi connectivity index (χ4n) is 4.26. The number of rotatable bonds is 5. The molecule has 0 aliphatic carbocycles. The average molecular weight is 606 g/mol. The number of carbonyl (C=O) groups is 1. The van der Waals surface area contributed by atoms with Crippen molar-refractivity contribution in [3.8, 4) is 5.69 Å². The molecule has 0 spiro atoms. The van der Waals surface area contributed by atoms with E-state index in [1.54, 1.807) is 17.0 Å². The van der Waals surface area contributed by atoms with Crippen molar-refractivity contribution in [2.45, 2.75) is 12.7 Å². The first kappa shape index (κ1) is 29.0. The van der Waals surface area contributed by atoms with E-state index < -0.39 is 12.1 Å². The second kappa shape index (κ2) is 11.8. The van der Waals surface area contributed by atoms with Crippen LogP contribution in [0.4, 0.5) is 29.3 Å². The van der Waals surface area contributed by atoms with Gasteiger partial charge in [0.2, 0.25) is 5.95 Å².